The number of anilines is 1. The minimum atomic E-state index is -0.123. The van der Waals surface area contributed by atoms with E-state index in [4.69, 9.17) is 17.3 Å². The second-order valence-corrected chi connectivity index (χ2v) is 6.33. The number of nitrogen functional groups attached to an aromatic ring is 1. The van der Waals surface area contributed by atoms with Crippen LogP contribution in [0, 0.1) is 6.92 Å². The maximum Gasteiger partial charge on any atom is 0.194 e. The summed E-state index contributed by atoms with van der Waals surface area (Å²) in [5.41, 5.74) is 8.27. The van der Waals surface area contributed by atoms with E-state index >= 15 is 0 Å². The first-order chi connectivity index (χ1) is 8.88. The topological polar surface area (TPSA) is 43.1 Å². The number of halogens is 3. The number of hydrogen-bond donors (Lipinski definition) is 1. The SMILES string of the molecule is Cc1cc(Br)c(C(=O)c2cc(N)cc(Cl)c2)cc1Br. The van der Waals surface area contributed by atoms with Crippen molar-refractivity contribution in [3.05, 3.63) is 61.0 Å². The van der Waals surface area contributed by atoms with Crippen LogP contribution in [0.1, 0.15) is 21.5 Å². The molecule has 0 aliphatic heterocycles. The molecular formula is C14H10Br2ClNO. The Labute approximate surface area is 133 Å². The van der Waals surface area contributed by atoms with E-state index in [0.29, 0.717) is 21.8 Å². The van der Waals surface area contributed by atoms with Crippen molar-refractivity contribution in [2.24, 2.45) is 0 Å². The Balaban J connectivity index is 2.53. The van der Waals surface area contributed by atoms with Gasteiger partial charge in [-0.25, -0.2) is 0 Å². The second kappa shape index (κ2) is 5.65. The van der Waals surface area contributed by atoms with E-state index in [1.807, 2.05) is 13.0 Å². The van der Waals surface area contributed by atoms with Crippen molar-refractivity contribution in [3.8, 4) is 0 Å². The van der Waals surface area contributed by atoms with Crippen molar-refractivity contribution in [1.29, 1.82) is 0 Å². The smallest absolute Gasteiger partial charge is 0.194 e. The summed E-state index contributed by atoms with van der Waals surface area (Å²) in [4.78, 5) is 12.5. The first kappa shape index (κ1) is 14.6. The molecule has 0 amide bonds. The van der Waals surface area contributed by atoms with Crippen LogP contribution >= 0.6 is 43.5 Å². The molecule has 19 heavy (non-hydrogen) atoms. The minimum Gasteiger partial charge on any atom is -0.399 e. The van der Waals surface area contributed by atoms with Crippen LogP contribution in [-0.4, -0.2) is 5.78 Å². The van der Waals surface area contributed by atoms with Crippen molar-refractivity contribution < 1.29 is 4.79 Å². The Bertz CT molecular complexity index is 650. The molecule has 0 aliphatic rings. The third kappa shape index (κ3) is 3.19. The van der Waals surface area contributed by atoms with Crippen LogP contribution in [-0.2, 0) is 0 Å². The van der Waals surface area contributed by atoms with E-state index < -0.39 is 0 Å². The van der Waals surface area contributed by atoms with Crippen LogP contribution in [0.25, 0.3) is 0 Å². The maximum atomic E-state index is 12.5. The number of carbonyl (C=O) groups excluding carboxylic acids is 1. The number of ketones is 1. The van der Waals surface area contributed by atoms with E-state index in [0.717, 1.165) is 14.5 Å². The summed E-state index contributed by atoms with van der Waals surface area (Å²) in [6.07, 6.45) is 0. The standard InChI is InChI=1S/C14H10Br2ClNO/c1-7-2-13(16)11(6-12(7)15)14(19)8-3-9(17)5-10(18)4-8/h2-6H,18H2,1H3. The second-order valence-electron chi connectivity index (χ2n) is 4.18. The Morgan fingerprint density at radius 3 is 2.42 bits per heavy atom. The Kier molecular flexibility index (Phi) is 4.33. The number of aryl methyl sites for hydroxylation is 1. The molecule has 0 saturated carbocycles. The lowest BCUT2D eigenvalue weighted by atomic mass is 10.0. The molecule has 0 atom stereocenters. The largest absolute Gasteiger partial charge is 0.399 e. The van der Waals surface area contributed by atoms with Gasteiger partial charge in [0.1, 0.15) is 0 Å². The molecule has 0 fully saturated rings. The Hall–Kier alpha value is -0.840. The lowest BCUT2D eigenvalue weighted by Crippen LogP contribution is -2.04. The number of nitrogens with two attached hydrogens (primary N) is 1. The van der Waals surface area contributed by atoms with Gasteiger partial charge < -0.3 is 5.73 Å². The van der Waals surface area contributed by atoms with E-state index in [1.165, 1.54) is 0 Å². The van der Waals surface area contributed by atoms with E-state index in [2.05, 4.69) is 31.9 Å². The molecule has 2 nitrogen and oxygen atoms in total. The van der Waals surface area contributed by atoms with Crippen molar-refractivity contribution >= 4 is 54.9 Å². The van der Waals surface area contributed by atoms with Crippen LogP contribution in [0.3, 0.4) is 0 Å². The number of carbonyl (C=O) groups is 1. The highest BCUT2D eigenvalue weighted by molar-refractivity contribution is 9.11. The van der Waals surface area contributed by atoms with Gasteiger partial charge in [-0.1, -0.05) is 43.5 Å². The zero-order chi connectivity index (χ0) is 14.2. The summed E-state index contributed by atoms with van der Waals surface area (Å²) in [5.74, 6) is -0.123. The van der Waals surface area contributed by atoms with Gasteiger partial charge in [0.25, 0.3) is 0 Å². The Morgan fingerprint density at radius 1 is 1.11 bits per heavy atom. The zero-order valence-corrected chi connectivity index (χ0v) is 13.9. The first-order valence-electron chi connectivity index (χ1n) is 5.45. The van der Waals surface area contributed by atoms with Crippen molar-refractivity contribution in [2.45, 2.75) is 6.92 Å². The molecule has 0 unspecified atom stereocenters. The van der Waals surface area contributed by atoms with Gasteiger partial charge in [-0.15, -0.1) is 0 Å². The van der Waals surface area contributed by atoms with Gasteiger partial charge in [0.15, 0.2) is 5.78 Å². The molecule has 2 aromatic carbocycles. The normalized spacial score (nSPS) is 10.5. The number of rotatable bonds is 2. The molecule has 0 aromatic heterocycles. The summed E-state index contributed by atoms with van der Waals surface area (Å²) in [6.45, 7) is 1.96. The fraction of sp³-hybridized carbons (Fsp3) is 0.0714. The predicted molar refractivity (Wildman–Crippen MR) is 85.9 cm³/mol. The molecule has 0 radical (unpaired) electrons. The van der Waals surface area contributed by atoms with Gasteiger partial charge in [0, 0.05) is 30.8 Å². The van der Waals surface area contributed by atoms with Crippen LogP contribution < -0.4 is 5.73 Å². The van der Waals surface area contributed by atoms with Crippen LogP contribution in [0.2, 0.25) is 5.02 Å². The summed E-state index contributed by atoms with van der Waals surface area (Å²) in [7, 11) is 0. The van der Waals surface area contributed by atoms with E-state index in [1.54, 1.807) is 24.3 Å². The Morgan fingerprint density at radius 2 is 1.79 bits per heavy atom. The summed E-state index contributed by atoms with van der Waals surface area (Å²) >= 11 is 12.8. The van der Waals surface area contributed by atoms with Crippen LogP contribution in [0.4, 0.5) is 5.69 Å². The highest BCUT2D eigenvalue weighted by Gasteiger charge is 2.15. The predicted octanol–water partition coefficient (Wildman–Crippen LogP) is 4.99. The highest BCUT2D eigenvalue weighted by Crippen LogP contribution is 2.28. The first-order valence-corrected chi connectivity index (χ1v) is 7.41. The van der Waals surface area contributed by atoms with Gasteiger partial charge >= 0.3 is 0 Å². The molecular weight excluding hydrogens is 393 g/mol. The summed E-state index contributed by atoms with van der Waals surface area (Å²) in [5, 5.41) is 0.450. The molecule has 5 heteroatoms. The number of benzene rings is 2. The maximum absolute atomic E-state index is 12.5. The van der Waals surface area contributed by atoms with E-state index in [9.17, 15) is 4.79 Å². The molecule has 2 aromatic rings. The molecule has 0 bridgehead atoms. The average Bonchev–Trinajstić information content (AvgIpc) is 2.31. The van der Waals surface area contributed by atoms with Crippen LogP contribution in [0.15, 0.2) is 39.3 Å². The molecule has 98 valence electrons. The van der Waals surface area contributed by atoms with Gasteiger partial charge in [0.2, 0.25) is 0 Å². The van der Waals surface area contributed by atoms with Gasteiger partial charge in [-0.2, -0.15) is 0 Å². The molecule has 0 saturated heterocycles. The number of hydrogen-bond acceptors (Lipinski definition) is 2. The zero-order valence-electron chi connectivity index (χ0n) is 10.0. The van der Waals surface area contributed by atoms with Crippen molar-refractivity contribution in [3.63, 3.8) is 0 Å². The molecule has 0 heterocycles. The van der Waals surface area contributed by atoms with Crippen molar-refractivity contribution in [1.82, 2.24) is 0 Å². The molecule has 0 spiro atoms. The highest BCUT2D eigenvalue weighted by atomic mass is 79.9. The monoisotopic (exact) mass is 401 g/mol. The van der Waals surface area contributed by atoms with Crippen LogP contribution in [0.5, 0.6) is 0 Å². The third-order valence-corrected chi connectivity index (χ3v) is 4.40. The molecule has 2 rings (SSSR count). The summed E-state index contributed by atoms with van der Waals surface area (Å²) in [6, 6.07) is 8.53. The average molecular weight is 404 g/mol. The van der Waals surface area contributed by atoms with Gasteiger partial charge in [0.05, 0.1) is 0 Å². The fourth-order valence-corrected chi connectivity index (χ4v) is 2.94. The van der Waals surface area contributed by atoms with Crippen molar-refractivity contribution in [2.75, 3.05) is 5.73 Å². The summed E-state index contributed by atoms with van der Waals surface area (Å²) < 4.78 is 1.63. The molecule has 2 N–H and O–H groups in total. The minimum absolute atomic E-state index is 0.123. The lowest BCUT2D eigenvalue weighted by Gasteiger charge is -2.08. The van der Waals surface area contributed by atoms with E-state index in [-0.39, 0.29) is 5.78 Å². The third-order valence-electron chi connectivity index (χ3n) is 2.68. The quantitative estimate of drug-likeness (QED) is 0.567. The fourth-order valence-electron chi connectivity index (χ4n) is 1.72. The van der Waals surface area contributed by atoms with Gasteiger partial charge in [-0.3, -0.25) is 4.79 Å². The molecule has 0 aliphatic carbocycles. The lowest BCUT2D eigenvalue weighted by molar-refractivity contribution is 0.103. The van der Waals surface area contributed by atoms with Gasteiger partial charge in [-0.05, 0) is 42.8 Å².